The van der Waals surface area contributed by atoms with Gasteiger partial charge >= 0.3 is 20.2 Å². The number of rotatable bonds is 18. The van der Waals surface area contributed by atoms with Crippen molar-refractivity contribution < 1.29 is 64.0 Å². The van der Waals surface area contributed by atoms with Gasteiger partial charge in [0.25, 0.3) is 11.8 Å². The van der Waals surface area contributed by atoms with Crippen molar-refractivity contribution >= 4 is 38.3 Å². The van der Waals surface area contributed by atoms with Gasteiger partial charge in [-0.25, -0.2) is 0 Å². The van der Waals surface area contributed by atoms with Crippen LogP contribution in [0, 0.1) is 13.8 Å². The van der Waals surface area contributed by atoms with Crippen molar-refractivity contribution in [3.05, 3.63) is 237 Å². The van der Waals surface area contributed by atoms with E-state index in [1.807, 2.05) is 49.4 Å². The molecule has 3 N–H and O–H groups in total. The van der Waals surface area contributed by atoms with E-state index in [1.165, 1.54) is 58.5 Å². The summed E-state index contributed by atoms with van der Waals surface area (Å²) < 4.78 is 82.5. The molecule has 17 nitrogen and oxygen atoms in total. The van der Waals surface area contributed by atoms with Crippen LogP contribution < -0.4 is 23.2 Å². The first-order valence-corrected chi connectivity index (χ1v) is 30.0. The van der Waals surface area contributed by atoms with Crippen molar-refractivity contribution in [2.24, 2.45) is 0 Å². The smallest absolute Gasteiger partial charge is 0.339 e. The van der Waals surface area contributed by atoms with Gasteiger partial charge in [0.2, 0.25) is 0 Å². The number of aldehydes is 1. The molecular formula is C65H61N3O14S2. The molecule has 432 valence electrons. The Morgan fingerprint density at radius 1 is 0.571 bits per heavy atom. The summed E-state index contributed by atoms with van der Waals surface area (Å²) in [5.41, 5.74) is 8.82. The molecule has 3 aliphatic rings. The number of carbonyl (C=O) groups excluding carboxylic acids is 3. The van der Waals surface area contributed by atoms with Gasteiger partial charge in [0.05, 0.1) is 19.3 Å². The van der Waals surface area contributed by atoms with Crippen LogP contribution in [0.25, 0.3) is 0 Å². The number of aryl methyl sites for hydroxylation is 2. The van der Waals surface area contributed by atoms with Crippen LogP contribution in [-0.4, -0.2) is 87.3 Å². The van der Waals surface area contributed by atoms with Crippen molar-refractivity contribution in [2.45, 2.75) is 75.4 Å². The van der Waals surface area contributed by atoms with Crippen molar-refractivity contribution in [2.75, 3.05) is 26.3 Å². The predicted molar refractivity (Wildman–Crippen MR) is 312 cm³/mol. The Morgan fingerprint density at radius 2 is 1.08 bits per heavy atom. The molecule has 1 saturated heterocycles. The molecule has 2 amide bonds. The number of nitrogens with one attached hydrogen (secondary N) is 1. The van der Waals surface area contributed by atoms with Crippen molar-refractivity contribution in [3.63, 3.8) is 0 Å². The maximum Gasteiger partial charge on any atom is 0.339 e. The van der Waals surface area contributed by atoms with Crippen LogP contribution in [0.3, 0.4) is 0 Å². The first-order valence-electron chi connectivity index (χ1n) is 27.2. The number of fused-ring (bicyclic) bond motifs is 2. The first kappa shape index (κ1) is 58.2. The van der Waals surface area contributed by atoms with E-state index in [1.54, 1.807) is 72.5 Å². The van der Waals surface area contributed by atoms with E-state index in [0.717, 1.165) is 77.5 Å². The SMILES string of the molecule is Cc1ccc(S(=O)(=O)Oc2cc(OCc3ccccc3)c(C(=O)N3CCc4ccc(C=O)cc4C3)c(OS(=O)(=O)c3ccc(C)cc3)c2)cc1.O=C(c1c(O)cc(O)cc1OCc1ccccc1)N1CCc2ccc(CNC3COC3)cc2C1. The minimum atomic E-state index is -4.55. The van der Waals surface area contributed by atoms with Gasteiger partial charge in [0.1, 0.15) is 69.2 Å². The molecule has 1 fully saturated rings. The van der Waals surface area contributed by atoms with Gasteiger partial charge in [-0.3, -0.25) is 14.4 Å². The maximum atomic E-state index is 14.5. The number of phenols is 2. The van der Waals surface area contributed by atoms with Crippen LogP contribution >= 0.6 is 0 Å². The van der Waals surface area contributed by atoms with Crippen LogP contribution in [-0.2, 0) is 70.7 Å². The Bertz CT molecular complexity index is 3940. The van der Waals surface area contributed by atoms with E-state index in [-0.39, 0.29) is 81.9 Å². The zero-order chi connectivity index (χ0) is 59.0. The second-order valence-electron chi connectivity index (χ2n) is 20.7. The molecule has 0 atom stereocenters. The first-order chi connectivity index (χ1) is 40.5. The monoisotopic (exact) mass is 1170 g/mol. The van der Waals surface area contributed by atoms with E-state index in [9.17, 15) is 41.4 Å². The molecule has 0 saturated carbocycles. The van der Waals surface area contributed by atoms with Gasteiger partial charge in [-0.2, -0.15) is 16.8 Å². The van der Waals surface area contributed by atoms with Crippen molar-refractivity contribution in [1.82, 2.24) is 15.1 Å². The molecule has 8 aromatic rings. The molecule has 0 spiro atoms. The summed E-state index contributed by atoms with van der Waals surface area (Å²) in [6.45, 7) is 7.42. The Hall–Kier alpha value is -9.01. The number of amides is 2. The molecule has 8 aromatic carbocycles. The molecule has 3 heterocycles. The summed E-state index contributed by atoms with van der Waals surface area (Å²) in [4.78, 5) is 42.4. The molecule has 84 heavy (non-hydrogen) atoms. The van der Waals surface area contributed by atoms with E-state index in [4.69, 9.17) is 22.6 Å². The van der Waals surface area contributed by atoms with Gasteiger partial charge < -0.3 is 47.9 Å². The largest absolute Gasteiger partial charge is 0.508 e. The molecule has 0 radical (unpaired) electrons. The van der Waals surface area contributed by atoms with E-state index in [0.29, 0.717) is 31.1 Å². The molecule has 19 heteroatoms. The highest BCUT2D eigenvalue weighted by molar-refractivity contribution is 7.87. The number of benzene rings is 8. The number of carbonyl (C=O) groups is 3. The molecule has 0 bridgehead atoms. The number of hydrogen-bond donors (Lipinski definition) is 3. The molecule has 3 aliphatic heterocycles. The zero-order valence-electron chi connectivity index (χ0n) is 46.1. The third kappa shape index (κ3) is 14.1. The second kappa shape index (κ2) is 25.6. The summed E-state index contributed by atoms with van der Waals surface area (Å²) in [5.74, 6) is -2.20. The number of phenolic OH excluding ortho intramolecular Hbond substituents is 2. The standard InChI is InChI=1S/C38H33NO9S2.C27H28N2O5/c1-26-8-14-33(15-9-26)49(42,43)47-32-21-35(46-25-28-6-4-3-5-7-28)37(36(22-32)48-50(44,45)34-16-10-27(2)11-17-34)38(41)39-19-18-30-13-12-29(24-40)20-31(30)23-39;30-23-11-24(31)26(25(12-23)34-15-18-4-2-1-3-5-18)27(32)29-9-8-20-7-6-19(10-21(20)14-29)13-28-22-16-33-17-22/h3-17,20-22,24H,18-19,23,25H2,1-2H3;1-7,10-12,22,28,30-31H,8-9,13-17H2. The Balaban J connectivity index is 0.000000201. The fraction of sp³-hybridized carbons (Fsp3) is 0.215. The van der Waals surface area contributed by atoms with Crippen molar-refractivity contribution in [3.8, 4) is 34.5 Å². The summed E-state index contributed by atoms with van der Waals surface area (Å²) in [6, 6.07) is 47.4. The Kier molecular flexibility index (Phi) is 17.8. The van der Waals surface area contributed by atoms with Crippen LogP contribution in [0.2, 0.25) is 0 Å². The van der Waals surface area contributed by atoms with Crippen LogP contribution in [0.15, 0.2) is 180 Å². The average Bonchev–Trinajstić information content (AvgIpc) is 2.86. The lowest BCUT2D eigenvalue weighted by Crippen LogP contribution is -2.45. The Labute approximate surface area is 487 Å². The summed E-state index contributed by atoms with van der Waals surface area (Å²) in [5, 5.41) is 24.0. The highest BCUT2D eigenvalue weighted by atomic mass is 32.2. The lowest BCUT2D eigenvalue weighted by atomic mass is 9.96. The van der Waals surface area contributed by atoms with Gasteiger partial charge in [0.15, 0.2) is 5.75 Å². The molecule has 0 unspecified atom stereocenters. The third-order valence-electron chi connectivity index (χ3n) is 14.5. The van der Waals surface area contributed by atoms with Gasteiger partial charge in [-0.1, -0.05) is 126 Å². The lowest BCUT2D eigenvalue weighted by molar-refractivity contribution is -0.00579. The average molecular weight is 1170 g/mol. The van der Waals surface area contributed by atoms with Gasteiger partial charge in [-0.05, 0) is 96.0 Å². The quantitative estimate of drug-likeness (QED) is 0.0537. The fourth-order valence-electron chi connectivity index (χ4n) is 9.79. The molecular weight excluding hydrogens is 1110 g/mol. The fourth-order valence-corrected chi connectivity index (χ4v) is 11.6. The Morgan fingerprint density at radius 3 is 1.63 bits per heavy atom. The number of aromatic hydroxyl groups is 2. The number of nitrogens with zero attached hydrogens (tertiary/aromatic N) is 2. The van der Waals surface area contributed by atoms with E-state index < -0.39 is 31.9 Å². The summed E-state index contributed by atoms with van der Waals surface area (Å²) >= 11 is 0. The molecule has 0 aromatic heterocycles. The number of hydrogen-bond acceptors (Lipinski definition) is 15. The topological polar surface area (TPSA) is 225 Å². The second-order valence-corrected chi connectivity index (χ2v) is 23.8. The van der Waals surface area contributed by atoms with Crippen LogP contribution in [0.4, 0.5) is 0 Å². The maximum absolute atomic E-state index is 14.5. The molecule has 11 rings (SSSR count). The normalized spacial score (nSPS) is 13.9. The van der Waals surface area contributed by atoms with Crippen LogP contribution in [0.5, 0.6) is 34.5 Å². The minimum absolute atomic E-state index is 0.0506. The van der Waals surface area contributed by atoms with Crippen LogP contribution in [0.1, 0.15) is 81.1 Å². The summed E-state index contributed by atoms with van der Waals surface area (Å²) in [7, 11) is -8.96. The van der Waals surface area contributed by atoms with Gasteiger partial charge in [-0.15, -0.1) is 0 Å². The lowest BCUT2D eigenvalue weighted by Gasteiger charge is -2.30. The van der Waals surface area contributed by atoms with E-state index >= 15 is 0 Å². The molecule has 0 aliphatic carbocycles. The summed E-state index contributed by atoms with van der Waals surface area (Å²) in [6.07, 6.45) is 1.94. The van der Waals surface area contributed by atoms with Crippen molar-refractivity contribution in [1.29, 1.82) is 0 Å². The predicted octanol–water partition coefficient (Wildman–Crippen LogP) is 9.79. The minimum Gasteiger partial charge on any atom is -0.508 e. The van der Waals surface area contributed by atoms with E-state index in [2.05, 4.69) is 23.5 Å². The third-order valence-corrected chi connectivity index (χ3v) is 17.0. The zero-order valence-corrected chi connectivity index (χ0v) is 47.7. The highest BCUT2D eigenvalue weighted by Gasteiger charge is 2.33. The highest BCUT2D eigenvalue weighted by Crippen LogP contribution is 2.40. The number of ether oxygens (including phenoxy) is 3. The van der Waals surface area contributed by atoms with Gasteiger partial charge in [0, 0.05) is 62.6 Å².